The van der Waals surface area contributed by atoms with Crippen LogP contribution in [0.2, 0.25) is 0 Å². The maximum absolute atomic E-state index is 11.7. The minimum atomic E-state index is -1.07. The molecule has 1 aromatic carbocycles. The zero-order valence-electron chi connectivity index (χ0n) is 11.0. The Morgan fingerprint density at radius 2 is 2.11 bits per heavy atom. The predicted molar refractivity (Wildman–Crippen MR) is 73.3 cm³/mol. The summed E-state index contributed by atoms with van der Waals surface area (Å²) in [7, 11) is 0. The van der Waals surface area contributed by atoms with E-state index in [0.717, 1.165) is 5.56 Å². The minimum absolute atomic E-state index is 0.0489. The standard InChI is InChI=1S/C13H17BrFNO3/c1-13(2,3)7-4-8(12(18)9(14)5-7)10(16)6-11(17)19-15/h4-5,10,18H,6,16H2,1-3H3. The predicted octanol–water partition coefficient (Wildman–Crippen LogP) is 3.27. The monoisotopic (exact) mass is 333 g/mol. The van der Waals surface area contributed by atoms with E-state index in [1.165, 1.54) is 0 Å². The quantitative estimate of drug-likeness (QED) is 0.890. The molecular weight excluding hydrogens is 317 g/mol. The SMILES string of the molecule is CC(C)(C)c1cc(Br)c(O)c(C(N)CC(=O)OF)c1. The van der Waals surface area contributed by atoms with Gasteiger partial charge < -0.3 is 10.8 Å². The molecule has 1 rings (SSSR count). The average molecular weight is 334 g/mol. The summed E-state index contributed by atoms with van der Waals surface area (Å²) in [5, 5.41) is 9.97. The molecule has 0 saturated carbocycles. The normalized spacial score (nSPS) is 13.2. The summed E-state index contributed by atoms with van der Waals surface area (Å²) >= 11 is 3.25. The molecule has 3 N–H and O–H groups in total. The summed E-state index contributed by atoms with van der Waals surface area (Å²) in [6, 6.07) is 2.68. The second kappa shape index (κ2) is 5.88. The minimum Gasteiger partial charge on any atom is -0.506 e. The first-order valence-corrected chi connectivity index (χ1v) is 6.56. The molecule has 0 aliphatic heterocycles. The molecule has 0 heterocycles. The van der Waals surface area contributed by atoms with E-state index in [1.54, 1.807) is 12.1 Å². The number of rotatable bonds is 3. The van der Waals surface area contributed by atoms with Gasteiger partial charge in [0.15, 0.2) is 0 Å². The Kier molecular flexibility index (Phi) is 4.92. The molecule has 6 heteroatoms. The molecule has 0 radical (unpaired) electrons. The Hall–Kier alpha value is -1.14. The van der Waals surface area contributed by atoms with Gasteiger partial charge in [0.2, 0.25) is 0 Å². The van der Waals surface area contributed by atoms with Gasteiger partial charge in [-0.1, -0.05) is 20.8 Å². The van der Waals surface area contributed by atoms with Gasteiger partial charge in [0, 0.05) is 16.1 Å². The van der Waals surface area contributed by atoms with Crippen molar-refractivity contribution in [3.05, 3.63) is 27.7 Å². The molecule has 0 spiro atoms. The lowest BCUT2D eigenvalue weighted by molar-refractivity contribution is -0.184. The fraction of sp³-hybridized carbons (Fsp3) is 0.462. The molecule has 106 valence electrons. The van der Waals surface area contributed by atoms with E-state index >= 15 is 0 Å². The van der Waals surface area contributed by atoms with Gasteiger partial charge in [-0.25, -0.2) is 4.79 Å². The molecule has 0 bridgehead atoms. The Balaban J connectivity index is 3.19. The molecule has 0 fully saturated rings. The summed E-state index contributed by atoms with van der Waals surface area (Å²) < 4.78 is 12.2. The third-order valence-corrected chi connectivity index (χ3v) is 3.44. The van der Waals surface area contributed by atoms with Crippen LogP contribution in [0.5, 0.6) is 5.75 Å². The Morgan fingerprint density at radius 3 is 2.58 bits per heavy atom. The lowest BCUT2D eigenvalue weighted by Crippen LogP contribution is -2.18. The number of halogens is 2. The molecule has 1 aromatic rings. The third-order valence-electron chi connectivity index (χ3n) is 2.83. The summed E-state index contributed by atoms with van der Waals surface area (Å²) in [5.74, 6) is -1.11. The lowest BCUT2D eigenvalue weighted by atomic mass is 9.85. The van der Waals surface area contributed by atoms with E-state index < -0.39 is 12.0 Å². The van der Waals surface area contributed by atoms with E-state index in [0.29, 0.717) is 10.0 Å². The number of phenolic OH excluding ortho intramolecular Hbond substituents is 1. The van der Waals surface area contributed by atoms with Crippen molar-refractivity contribution in [2.24, 2.45) is 5.73 Å². The maximum Gasteiger partial charge on any atom is 0.350 e. The highest BCUT2D eigenvalue weighted by Gasteiger charge is 2.22. The molecule has 19 heavy (non-hydrogen) atoms. The Bertz CT molecular complexity index is 486. The van der Waals surface area contributed by atoms with E-state index in [4.69, 9.17) is 5.73 Å². The van der Waals surface area contributed by atoms with Crippen molar-refractivity contribution in [3.63, 3.8) is 0 Å². The van der Waals surface area contributed by atoms with Gasteiger partial charge in [-0.2, -0.15) is 0 Å². The fourth-order valence-electron chi connectivity index (χ4n) is 1.66. The highest BCUT2D eigenvalue weighted by Crippen LogP contribution is 2.37. The molecule has 0 aliphatic carbocycles. The number of hydrogen-bond acceptors (Lipinski definition) is 4. The van der Waals surface area contributed by atoms with Gasteiger partial charge >= 0.3 is 5.97 Å². The van der Waals surface area contributed by atoms with Gasteiger partial charge in [0.1, 0.15) is 5.75 Å². The molecule has 0 aliphatic rings. The summed E-state index contributed by atoms with van der Waals surface area (Å²) in [5.41, 5.74) is 6.98. The Morgan fingerprint density at radius 1 is 1.53 bits per heavy atom. The number of benzene rings is 1. The summed E-state index contributed by atoms with van der Waals surface area (Å²) in [6.07, 6.45) is -0.343. The second-order valence-corrected chi connectivity index (χ2v) is 6.26. The zero-order valence-corrected chi connectivity index (χ0v) is 12.6. The first-order valence-electron chi connectivity index (χ1n) is 5.76. The number of aromatic hydroxyl groups is 1. The number of phenols is 1. The van der Waals surface area contributed by atoms with Crippen LogP contribution in [0.4, 0.5) is 4.53 Å². The molecule has 1 atom stereocenters. The van der Waals surface area contributed by atoms with Gasteiger partial charge in [-0.15, -0.1) is 0 Å². The second-order valence-electron chi connectivity index (χ2n) is 5.41. The van der Waals surface area contributed by atoms with Crippen LogP contribution >= 0.6 is 15.9 Å². The average Bonchev–Trinajstić information content (AvgIpc) is 2.30. The van der Waals surface area contributed by atoms with Crippen LogP contribution in [-0.2, 0) is 15.2 Å². The van der Waals surface area contributed by atoms with Crippen molar-refractivity contribution in [2.75, 3.05) is 0 Å². The lowest BCUT2D eigenvalue weighted by Gasteiger charge is -2.22. The third kappa shape index (κ3) is 3.91. The van der Waals surface area contributed by atoms with Crippen LogP contribution in [0.15, 0.2) is 16.6 Å². The van der Waals surface area contributed by atoms with Crippen molar-refractivity contribution in [2.45, 2.75) is 38.6 Å². The van der Waals surface area contributed by atoms with Gasteiger partial charge in [-0.05, 0) is 39.0 Å². The number of carbonyl (C=O) groups excluding carboxylic acids is 1. The van der Waals surface area contributed by atoms with Crippen LogP contribution in [0, 0.1) is 0 Å². The molecule has 0 aromatic heterocycles. The number of carbonyl (C=O) groups is 1. The van der Waals surface area contributed by atoms with E-state index in [9.17, 15) is 14.4 Å². The van der Waals surface area contributed by atoms with Crippen molar-refractivity contribution in [1.82, 2.24) is 0 Å². The topological polar surface area (TPSA) is 72.5 Å². The van der Waals surface area contributed by atoms with Crippen LogP contribution in [0.3, 0.4) is 0 Å². The Labute approximate surface area is 119 Å². The fourth-order valence-corrected chi connectivity index (χ4v) is 2.13. The van der Waals surface area contributed by atoms with Crippen molar-refractivity contribution < 1.29 is 19.4 Å². The first kappa shape index (κ1) is 15.9. The van der Waals surface area contributed by atoms with Crippen molar-refractivity contribution >= 4 is 21.9 Å². The van der Waals surface area contributed by atoms with Crippen LogP contribution in [-0.4, -0.2) is 11.1 Å². The number of hydrogen-bond donors (Lipinski definition) is 2. The summed E-state index contributed by atoms with van der Waals surface area (Å²) in [6.45, 7) is 6.03. The number of nitrogens with two attached hydrogens (primary N) is 1. The zero-order chi connectivity index (χ0) is 14.8. The first-order chi connectivity index (χ1) is 8.66. The molecule has 1 unspecified atom stereocenters. The van der Waals surface area contributed by atoms with Gasteiger partial charge in [0.05, 0.1) is 10.9 Å². The van der Waals surface area contributed by atoms with Crippen LogP contribution < -0.4 is 5.73 Å². The molecular formula is C13H17BrFNO3. The largest absolute Gasteiger partial charge is 0.506 e. The highest BCUT2D eigenvalue weighted by atomic mass is 79.9. The molecule has 0 amide bonds. The molecule has 0 saturated heterocycles. The smallest absolute Gasteiger partial charge is 0.350 e. The van der Waals surface area contributed by atoms with Crippen LogP contribution in [0.25, 0.3) is 0 Å². The van der Waals surface area contributed by atoms with Gasteiger partial charge in [-0.3, -0.25) is 4.94 Å². The summed E-state index contributed by atoms with van der Waals surface area (Å²) in [4.78, 5) is 14.0. The van der Waals surface area contributed by atoms with Gasteiger partial charge in [0.25, 0.3) is 0 Å². The maximum atomic E-state index is 11.7. The van der Waals surface area contributed by atoms with Crippen molar-refractivity contribution in [3.8, 4) is 5.75 Å². The molecule has 4 nitrogen and oxygen atoms in total. The van der Waals surface area contributed by atoms with Crippen molar-refractivity contribution in [1.29, 1.82) is 0 Å². The highest BCUT2D eigenvalue weighted by molar-refractivity contribution is 9.10. The van der Waals surface area contributed by atoms with E-state index in [1.807, 2.05) is 20.8 Å². The van der Waals surface area contributed by atoms with E-state index in [-0.39, 0.29) is 17.6 Å². The van der Waals surface area contributed by atoms with E-state index in [2.05, 4.69) is 20.9 Å². The van der Waals surface area contributed by atoms with Crippen LogP contribution in [0.1, 0.15) is 44.4 Å².